The van der Waals surface area contributed by atoms with Crippen molar-refractivity contribution in [3.05, 3.63) is 47.8 Å². The van der Waals surface area contributed by atoms with Crippen molar-refractivity contribution in [2.75, 3.05) is 0 Å². The Morgan fingerprint density at radius 1 is 1.32 bits per heavy atom. The molecule has 2 N–H and O–H groups in total. The quantitative estimate of drug-likeness (QED) is 0.758. The monoisotopic (exact) mass is 259 g/mol. The van der Waals surface area contributed by atoms with Gasteiger partial charge in [-0.2, -0.15) is 5.10 Å². The molecule has 1 unspecified atom stereocenters. The van der Waals surface area contributed by atoms with E-state index in [1.807, 2.05) is 24.9 Å². The van der Waals surface area contributed by atoms with Crippen LogP contribution >= 0.6 is 0 Å². The molecule has 2 aromatic heterocycles. The van der Waals surface area contributed by atoms with Crippen LogP contribution in [0.3, 0.4) is 0 Å². The first kappa shape index (κ1) is 11.9. The lowest BCUT2D eigenvalue weighted by Crippen LogP contribution is -2.16. The zero-order valence-corrected chi connectivity index (χ0v) is 10.7. The van der Waals surface area contributed by atoms with E-state index in [1.54, 1.807) is 16.9 Å². The van der Waals surface area contributed by atoms with E-state index in [1.165, 1.54) is 12.1 Å². The van der Waals surface area contributed by atoms with Crippen LogP contribution in [0.15, 0.2) is 30.6 Å². The summed E-state index contributed by atoms with van der Waals surface area (Å²) in [6.07, 6.45) is 3.56. The second-order valence-electron chi connectivity index (χ2n) is 4.59. The van der Waals surface area contributed by atoms with Gasteiger partial charge >= 0.3 is 0 Å². The number of imidazole rings is 1. The van der Waals surface area contributed by atoms with E-state index in [-0.39, 0.29) is 11.9 Å². The molecular formula is C13H14FN5. The van der Waals surface area contributed by atoms with Crippen molar-refractivity contribution >= 4 is 11.0 Å². The Labute approximate surface area is 109 Å². The van der Waals surface area contributed by atoms with Gasteiger partial charge in [0.1, 0.15) is 11.6 Å². The van der Waals surface area contributed by atoms with Gasteiger partial charge in [0.2, 0.25) is 0 Å². The van der Waals surface area contributed by atoms with Crippen LogP contribution in [0.25, 0.3) is 11.0 Å². The summed E-state index contributed by atoms with van der Waals surface area (Å²) in [7, 11) is 3.71. The minimum atomic E-state index is -0.380. The number of hydrogen-bond donors (Lipinski definition) is 1. The highest BCUT2D eigenvalue weighted by Gasteiger charge is 2.18. The van der Waals surface area contributed by atoms with Gasteiger partial charge in [-0.3, -0.25) is 4.68 Å². The molecule has 0 amide bonds. The molecule has 0 aliphatic rings. The first-order valence-electron chi connectivity index (χ1n) is 5.92. The zero-order valence-electron chi connectivity index (χ0n) is 10.7. The van der Waals surface area contributed by atoms with Crippen molar-refractivity contribution in [1.29, 1.82) is 0 Å². The normalized spacial score (nSPS) is 13.1. The number of nitrogens with two attached hydrogens (primary N) is 1. The van der Waals surface area contributed by atoms with Crippen molar-refractivity contribution in [3.8, 4) is 0 Å². The van der Waals surface area contributed by atoms with Gasteiger partial charge in [0.05, 0.1) is 23.3 Å². The number of hydrogen-bond acceptors (Lipinski definition) is 3. The second-order valence-corrected chi connectivity index (χ2v) is 4.59. The van der Waals surface area contributed by atoms with Crippen molar-refractivity contribution < 1.29 is 4.39 Å². The van der Waals surface area contributed by atoms with Gasteiger partial charge in [0.15, 0.2) is 0 Å². The number of benzene rings is 1. The maximum atomic E-state index is 13.2. The standard InChI is InChI=1S/C13H14FN5/c1-18-7-8(6-16-18)12(15)13-17-10-5-9(14)3-4-11(10)19(13)2/h3-7,12H,15H2,1-2H3. The van der Waals surface area contributed by atoms with E-state index < -0.39 is 0 Å². The fourth-order valence-electron chi connectivity index (χ4n) is 2.22. The van der Waals surface area contributed by atoms with Crippen LogP contribution in [-0.4, -0.2) is 19.3 Å². The van der Waals surface area contributed by atoms with Crippen LogP contribution in [0.2, 0.25) is 0 Å². The predicted molar refractivity (Wildman–Crippen MR) is 69.9 cm³/mol. The highest BCUT2D eigenvalue weighted by atomic mass is 19.1. The van der Waals surface area contributed by atoms with E-state index >= 15 is 0 Å². The molecule has 0 bridgehead atoms. The molecular weight excluding hydrogens is 245 g/mol. The van der Waals surface area contributed by atoms with Crippen LogP contribution in [0.1, 0.15) is 17.4 Å². The Hall–Kier alpha value is -2.21. The summed E-state index contributed by atoms with van der Waals surface area (Å²) in [5.41, 5.74) is 8.54. The average molecular weight is 259 g/mol. The summed E-state index contributed by atoms with van der Waals surface area (Å²) < 4.78 is 16.8. The third-order valence-corrected chi connectivity index (χ3v) is 3.24. The van der Waals surface area contributed by atoms with Crippen LogP contribution in [-0.2, 0) is 14.1 Å². The summed E-state index contributed by atoms with van der Waals surface area (Å²) >= 11 is 0. The first-order valence-corrected chi connectivity index (χ1v) is 5.92. The molecule has 0 aliphatic heterocycles. The second kappa shape index (κ2) is 4.17. The lowest BCUT2D eigenvalue weighted by Gasteiger charge is -2.09. The zero-order chi connectivity index (χ0) is 13.6. The highest BCUT2D eigenvalue weighted by molar-refractivity contribution is 5.76. The van der Waals surface area contributed by atoms with Crippen LogP contribution in [0, 0.1) is 5.82 Å². The fraction of sp³-hybridized carbons (Fsp3) is 0.231. The first-order chi connectivity index (χ1) is 9.06. The Kier molecular flexibility index (Phi) is 2.60. The molecule has 1 atom stereocenters. The van der Waals surface area contributed by atoms with Gasteiger partial charge < -0.3 is 10.3 Å². The summed E-state index contributed by atoms with van der Waals surface area (Å²) in [6, 6.07) is 4.16. The Bertz CT molecular complexity index is 743. The van der Waals surface area contributed by atoms with Gasteiger partial charge in [0.25, 0.3) is 0 Å². The highest BCUT2D eigenvalue weighted by Crippen LogP contribution is 2.23. The molecule has 1 aromatic carbocycles. The van der Waals surface area contributed by atoms with Gasteiger partial charge in [-0.25, -0.2) is 9.37 Å². The number of fused-ring (bicyclic) bond motifs is 1. The molecule has 0 radical (unpaired) electrons. The third-order valence-electron chi connectivity index (χ3n) is 3.24. The Morgan fingerprint density at radius 2 is 2.11 bits per heavy atom. The number of rotatable bonds is 2. The Balaban J connectivity index is 2.12. The number of halogens is 1. The van der Waals surface area contributed by atoms with Crippen molar-refractivity contribution in [2.24, 2.45) is 19.8 Å². The molecule has 98 valence electrons. The molecule has 19 heavy (non-hydrogen) atoms. The van der Waals surface area contributed by atoms with Gasteiger partial charge in [-0.05, 0) is 12.1 Å². The van der Waals surface area contributed by atoms with Crippen LogP contribution in [0.4, 0.5) is 4.39 Å². The molecule has 0 saturated heterocycles. The van der Waals surface area contributed by atoms with E-state index in [2.05, 4.69) is 10.1 Å². The number of aryl methyl sites for hydroxylation is 2. The minimum Gasteiger partial charge on any atom is -0.330 e. The summed E-state index contributed by atoms with van der Waals surface area (Å²) in [5, 5.41) is 4.10. The van der Waals surface area contributed by atoms with Crippen LogP contribution in [0.5, 0.6) is 0 Å². The minimum absolute atomic E-state index is 0.299. The summed E-state index contributed by atoms with van der Waals surface area (Å²) in [5.74, 6) is 0.390. The molecule has 0 spiro atoms. The third kappa shape index (κ3) is 1.90. The topological polar surface area (TPSA) is 61.7 Å². The maximum absolute atomic E-state index is 13.2. The summed E-state index contributed by atoms with van der Waals surface area (Å²) in [6.45, 7) is 0. The molecule has 0 saturated carbocycles. The van der Waals surface area contributed by atoms with Gasteiger partial charge in [0, 0.05) is 31.9 Å². The molecule has 2 heterocycles. The average Bonchev–Trinajstić information content (AvgIpc) is 2.93. The molecule has 3 aromatic rings. The van der Waals surface area contributed by atoms with E-state index in [0.29, 0.717) is 11.3 Å². The smallest absolute Gasteiger partial charge is 0.131 e. The van der Waals surface area contributed by atoms with Crippen LogP contribution < -0.4 is 5.73 Å². The number of aromatic nitrogens is 4. The van der Waals surface area contributed by atoms with E-state index in [9.17, 15) is 4.39 Å². The van der Waals surface area contributed by atoms with E-state index in [0.717, 1.165) is 11.1 Å². The molecule has 3 rings (SSSR count). The largest absolute Gasteiger partial charge is 0.330 e. The molecule has 0 aliphatic carbocycles. The van der Waals surface area contributed by atoms with Crippen molar-refractivity contribution in [2.45, 2.75) is 6.04 Å². The van der Waals surface area contributed by atoms with Crippen molar-refractivity contribution in [3.63, 3.8) is 0 Å². The fourth-order valence-corrected chi connectivity index (χ4v) is 2.22. The van der Waals surface area contributed by atoms with Crippen molar-refractivity contribution in [1.82, 2.24) is 19.3 Å². The maximum Gasteiger partial charge on any atom is 0.131 e. The van der Waals surface area contributed by atoms with Gasteiger partial charge in [-0.1, -0.05) is 0 Å². The SMILES string of the molecule is Cn1cc(C(N)c2nc3cc(F)ccc3n2C)cn1. The predicted octanol–water partition coefficient (Wildman–Crippen LogP) is 1.49. The lowest BCUT2D eigenvalue weighted by molar-refractivity contribution is 0.629. The number of nitrogens with zero attached hydrogens (tertiary/aromatic N) is 4. The summed E-state index contributed by atoms with van der Waals surface area (Å²) in [4.78, 5) is 4.42. The molecule has 5 nitrogen and oxygen atoms in total. The lowest BCUT2D eigenvalue weighted by atomic mass is 10.1. The molecule has 0 fully saturated rings. The Morgan fingerprint density at radius 3 is 2.79 bits per heavy atom. The molecule has 6 heteroatoms. The van der Waals surface area contributed by atoms with E-state index in [4.69, 9.17) is 5.73 Å². The van der Waals surface area contributed by atoms with Gasteiger partial charge in [-0.15, -0.1) is 0 Å².